The van der Waals surface area contributed by atoms with Gasteiger partial charge in [-0.15, -0.1) is 0 Å². The van der Waals surface area contributed by atoms with Crippen molar-refractivity contribution in [3.63, 3.8) is 0 Å². The smallest absolute Gasteiger partial charge is 0.0961 e. The first-order valence-corrected chi connectivity index (χ1v) is 6.27. The molecule has 1 heterocycles. The number of hydrogen-bond acceptors (Lipinski definition) is 1. The zero-order valence-corrected chi connectivity index (χ0v) is 10.9. The monoisotopic (exact) mass is 256 g/mol. The topological polar surface area (TPSA) is 17.8 Å². The Morgan fingerprint density at radius 3 is 2.78 bits per heavy atom. The molecule has 1 aromatic heterocycles. The number of nitrogens with zero attached hydrogens (tertiary/aromatic N) is 2. The Labute approximate surface area is 111 Å². The molecule has 0 fully saturated rings. The molecule has 0 aliphatic heterocycles. The van der Waals surface area contributed by atoms with Gasteiger partial charge in [0.05, 0.1) is 23.9 Å². The largest absolute Gasteiger partial charge is 0.326 e. The summed E-state index contributed by atoms with van der Waals surface area (Å²) in [6.45, 7) is 2.83. The highest BCUT2D eigenvalue weighted by Gasteiger charge is 2.06. The van der Waals surface area contributed by atoms with Crippen molar-refractivity contribution < 1.29 is 0 Å². The number of rotatable bonds is 2. The van der Waals surface area contributed by atoms with E-state index >= 15 is 0 Å². The molecule has 0 bridgehead atoms. The lowest BCUT2D eigenvalue weighted by Crippen LogP contribution is -1.98. The highest BCUT2D eigenvalue weighted by atomic mass is 35.5. The maximum atomic E-state index is 6.19. The van der Waals surface area contributed by atoms with Gasteiger partial charge in [0, 0.05) is 5.02 Å². The molecule has 0 spiro atoms. The fourth-order valence-corrected chi connectivity index (χ4v) is 2.36. The molecular formula is C15H13ClN2. The quantitative estimate of drug-likeness (QED) is 0.676. The van der Waals surface area contributed by atoms with Gasteiger partial charge < -0.3 is 4.57 Å². The third kappa shape index (κ3) is 1.89. The minimum absolute atomic E-state index is 0.750. The highest BCUT2D eigenvalue weighted by Crippen LogP contribution is 2.21. The normalized spacial score (nSPS) is 11.0. The molecule has 90 valence electrons. The minimum atomic E-state index is 0.750. The molecular weight excluding hydrogens is 244 g/mol. The van der Waals surface area contributed by atoms with Gasteiger partial charge in [-0.3, -0.25) is 0 Å². The van der Waals surface area contributed by atoms with Crippen LogP contribution in [0.15, 0.2) is 48.8 Å². The van der Waals surface area contributed by atoms with Gasteiger partial charge in [0.25, 0.3) is 0 Å². The van der Waals surface area contributed by atoms with Crippen LogP contribution < -0.4 is 0 Å². The van der Waals surface area contributed by atoms with Crippen LogP contribution in [0.25, 0.3) is 11.0 Å². The van der Waals surface area contributed by atoms with Crippen LogP contribution in [0.2, 0.25) is 5.02 Å². The van der Waals surface area contributed by atoms with Gasteiger partial charge in [0.1, 0.15) is 0 Å². The number of hydrogen-bond donors (Lipinski definition) is 0. The maximum absolute atomic E-state index is 6.19. The van der Waals surface area contributed by atoms with Crippen molar-refractivity contribution >= 4 is 22.6 Å². The zero-order chi connectivity index (χ0) is 12.5. The molecule has 0 saturated carbocycles. The van der Waals surface area contributed by atoms with Gasteiger partial charge >= 0.3 is 0 Å². The SMILES string of the molecule is Cc1cccc2c1ncn2Cc1ccccc1Cl. The Hall–Kier alpha value is -1.80. The third-order valence-corrected chi connectivity index (χ3v) is 3.52. The Bertz CT molecular complexity index is 701. The van der Waals surface area contributed by atoms with Crippen molar-refractivity contribution in [3.05, 3.63) is 64.9 Å². The number of imidazole rings is 1. The number of aromatic nitrogens is 2. The summed E-state index contributed by atoms with van der Waals surface area (Å²) in [6.07, 6.45) is 1.88. The van der Waals surface area contributed by atoms with Crippen LogP contribution >= 0.6 is 11.6 Å². The standard InChI is InChI=1S/C15H13ClN2/c1-11-5-4-8-14-15(11)17-10-18(14)9-12-6-2-3-7-13(12)16/h2-8,10H,9H2,1H3. The summed E-state index contributed by atoms with van der Waals surface area (Å²) < 4.78 is 2.13. The van der Waals surface area contributed by atoms with Crippen LogP contribution in [0, 0.1) is 6.92 Å². The molecule has 3 rings (SSSR count). The van der Waals surface area contributed by atoms with Crippen LogP contribution in [0.5, 0.6) is 0 Å². The predicted molar refractivity (Wildman–Crippen MR) is 75.0 cm³/mol. The van der Waals surface area contributed by atoms with E-state index in [9.17, 15) is 0 Å². The first-order valence-electron chi connectivity index (χ1n) is 5.89. The Morgan fingerprint density at radius 1 is 1.11 bits per heavy atom. The van der Waals surface area contributed by atoms with E-state index in [-0.39, 0.29) is 0 Å². The van der Waals surface area contributed by atoms with E-state index in [1.807, 2.05) is 30.6 Å². The molecule has 0 aliphatic rings. The van der Waals surface area contributed by atoms with E-state index in [0.717, 1.165) is 28.2 Å². The predicted octanol–water partition coefficient (Wildman–Crippen LogP) is 4.05. The van der Waals surface area contributed by atoms with Crippen LogP contribution in [0.3, 0.4) is 0 Å². The van der Waals surface area contributed by atoms with Crippen molar-refractivity contribution in [1.82, 2.24) is 9.55 Å². The Kier molecular flexibility index (Phi) is 2.80. The van der Waals surface area contributed by atoms with E-state index in [2.05, 4.69) is 34.7 Å². The fourth-order valence-electron chi connectivity index (χ4n) is 2.17. The molecule has 0 unspecified atom stereocenters. The molecule has 3 heteroatoms. The summed E-state index contributed by atoms with van der Waals surface area (Å²) in [6, 6.07) is 14.1. The number of halogens is 1. The molecule has 0 saturated heterocycles. The molecule has 2 nitrogen and oxygen atoms in total. The lowest BCUT2D eigenvalue weighted by Gasteiger charge is -2.06. The van der Waals surface area contributed by atoms with E-state index in [0.29, 0.717) is 0 Å². The van der Waals surface area contributed by atoms with E-state index in [1.165, 1.54) is 5.56 Å². The Morgan fingerprint density at radius 2 is 1.94 bits per heavy atom. The van der Waals surface area contributed by atoms with Gasteiger partial charge in [0.2, 0.25) is 0 Å². The van der Waals surface area contributed by atoms with Crippen molar-refractivity contribution in [1.29, 1.82) is 0 Å². The second-order valence-corrected chi connectivity index (χ2v) is 4.81. The number of para-hydroxylation sites is 1. The molecule has 2 aromatic carbocycles. The van der Waals surface area contributed by atoms with Gasteiger partial charge in [-0.1, -0.05) is 41.9 Å². The lowest BCUT2D eigenvalue weighted by molar-refractivity contribution is 0.825. The van der Waals surface area contributed by atoms with E-state index in [1.54, 1.807) is 0 Å². The van der Waals surface area contributed by atoms with Crippen molar-refractivity contribution in [2.24, 2.45) is 0 Å². The van der Waals surface area contributed by atoms with Crippen LogP contribution in [-0.4, -0.2) is 9.55 Å². The summed E-state index contributed by atoms with van der Waals surface area (Å²) in [5, 5.41) is 0.798. The van der Waals surface area contributed by atoms with E-state index < -0.39 is 0 Å². The minimum Gasteiger partial charge on any atom is -0.326 e. The zero-order valence-electron chi connectivity index (χ0n) is 10.1. The van der Waals surface area contributed by atoms with Crippen molar-refractivity contribution in [2.45, 2.75) is 13.5 Å². The van der Waals surface area contributed by atoms with Crippen LogP contribution in [-0.2, 0) is 6.54 Å². The van der Waals surface area contributed by atoms with Crippen LogP contribution in [0.1, 0.15) is 11.1 Å². The number of aryl methyl sites for hydroxylation is 1. The molecule has 0 N–H and O–H groups in total. The second-order valence-electron chi connectivity index (χ2n) is 4.41. The first kappa shape index (κ1) is 11.3. The molecule has 0 amide bonds. The molecule has 0 radical (unpaired) electrons. The molecule has 0 aliphatic carbocycles. The lowest BCUT2D eigenvalue weighted by atomic mass is 10.2. The van der Waals surface area contributed by atoms with Gasteiger partial charge in [0.15, 0.2) is 0 Å². The average Bonchev–Trinajstić information content (AvgIpc) is 2.77. The summed E-state index contributed by atoms with van der Waals surface area (Å²) >= 11 is 6.19. The van der Waals surface area contributed by atoms with E-state index in [4.69, 9.17) is 11.6 Å². The van der Waals surface area contributed by atoms with Crippen molar-refractivity contribution in [2.75, 3.05) is 0 Å². The second kappa shape index (κ2) is 4.46. The molecule has 3 aromatic rings. The average molecular weight is 257 g/mol. The molecule has 0 atom stereocenters. The fraction of sp³-hybridized carbons (Fsp3) is 0.133. The summed E-state index contributed by atoms with van der Waals surface area (Å²) in [4.78, 5) is 4.46. The van der Waals surface area contributed by atoms with Gasteiger partial charge in [-0.05, 0) is 30.2 Å². The van der Waals surface area contributed by atoms with Crippen molar-refractivity contribution in [3.8, 4) is 0 Å². The summed E-state index contributed by atoms with van der Waals surface area (Å²) in [7, 11) is 0. The van der Waals surface area contributed by atoms with Gasteiger partial charge in [-0.25, -0.2) is 4.98 Å². The summed E-state index contributed by atoms with van der Waals surface area (Å²) in [5.41, 5.74) is 4.52. The maximum Gasteiger partial charge on any atom is 0.0961 e. The summed E-state index contributed by atoms with van der Waals surface area (Å²) in [5.74, 6) is 0. The van der Waals surface area contributed by atoms with Crippen LogP contribution in [0.4, 0.5) is 0 Å². The number of fused-ring (bicyclic) bond motifs is 1. The first-order chi connectivity index (χ1) is 8.75. The third-order valence-electron chi connectivity index (χ3n) is 3.15. The van der Waals surface area contributed by atoms with Gasteiger partial charge in [-0.2, -0.15) is 0 Å². The number of benzene rings is 2. The highest BCUT2D eigenvalue weighted by molar-refractivity contribution is 6.31. The molecule has 18 heavy (non-hydrogen) atoms. The Balaban J connectivity index is 2.06.